The summed E-state index contributed by atoms with van der Waals surface area (Å²) in [6, 6.07) is 0. The van der Waals surface area contributed by atoms with Crippen molar-refractivity contribution < 1.29 is 19.1 Å². The Morgan fingerprint density at radius 1 is 1.41 bits per heavy atom. The molecule has 1 aromatic heterocycles. The third-order valence-electron chi connectivity index (χ3n) is 1.42. The largest absolute Gasteiger partial charge is 0.459 e. The lowest BCUT2D eigenvalue weighted by Crippen LogP contribution is -2.24. The van der Waals surface area contributed by atoms with Gasteiger partial charge in [0.05, 0.1) is 6.61 Å². The Morgan fingerprint density at radius 2 is 2.12 bits per heavy atom. The molecule has 0 aliphatic carbocycles. The topological polar surface area (TPSA) is 90.4 Å². The number of methoxy groups -OCH3 is 1. The third-order valence-corrected chi connectivity index (χ3v) is 2.23. The van der Waals surface area contributed by atoms with Crippen LogP contribution in [0.1, 0.15) is 11.9 Å². The summed E-state index contributed by atoms with van der Waals surface area (Å²) in [4.78, 5) is 22.2. The average Bonchev–Trinajstić information content (AvgIpc) is 2.66. The molecule has 0 atom stereocenters. The van der Waals surface area contributed by atoms with Gasteiger partial charge in [0.1, 0.15) is 11.6 Å². The van der Waals surface area contributed by atoms with Crippen molar-refractivity contribution in [1.82, 2.24) is 10.2 Å². The predicted molar refractivity (Wildman–Crippen MR) is 63.1 cm³/mol. The van der Waals surface area contributed by atoms with E-state index in [2.05, 4.69) is 20.3 Å². The summed E-state index contributed by atoms with van der Waals surface area (Å²) in [5.41, 5.74) is 0. The second kappa shape index (κ2) is 7.93. The molecule has 1 N–H and O–H groups in total. The molecule has 1 aromatic rings. The lowest BCUT2D eigenvalue weighted by molar-refractivity contribution is -0.152. The van der Waals surface area contributed by atoms with E-state index in [0.717, 1.165) is 11.3 Å². The van der Waals surface area contributed by atoms with Crippen molar-refractivity contribution in [3.8, 4) is 0 Å². The van der Waals surface area contributed by atoms with Crippen LogP contribution in [0.5, 0.6) is 0 Å². The van der Waals surface area contributed by atoms with Gasteiger partial charge in [-0.3, -0.25) is 10.1 Å². The Morgan fingerprint density at radius 3 is 2.71 bits per heavy atom. The molecule has 0 aliphatic heterocycles. The lowest BCUT2D eigenvalue weighted by atomic mass is 10.6. The number of hydrogen-bond acceptors (Lipinski definition) is 7. The lowest BCUT2D eigenvalue weighted by Gasteiger charge is -1.99. The van der Waals surface area contributed by atoms with Crippen LogP contribution in [0.3, 0.4) is 0 Å². The summed E-state index contributed by atoms with van der Waals surface area (Å²) in [7, 11) is 1.53. The maximum atomic E-state index is 11.2. The molecule has 0 radical (unpaired) electrons. The Labute approximate surface area is 108 Å². The van der Waals surface area contributed by atoms with Gasteiger partial charge in [0, 0.05) is 7.11 Å². The number of carbonyl (C=O) groups is 2. The minimum atomic E-state index is -0.939. The molecule has 0 aromatic carbocycles. The van der Waals surface area contributed by atoms with Crippen LogP contribution in [0, 0.1) is 0 Å². The minimum Gasteiger partial charge on any atom is -0.459 e. The van der Waals surface area contributed by atoms with Crippen molar-refractivity contribution in [3.05, 3.63) is 5.01 Å². The SMILES string of the molecule is CCOC(=O)C(=O)Nc1nnc(COC)s1.Cl. The van der Waals surface area contributed by atoms with Crippen LogP contribution in [0.2, 0.25) is 0 Å². The van der Waals surface area contributed by atoms with Gasteiger partial charge in [-0.1, -0.05) is 11.3 Å². The first-order chi connectivity index (χ1) is 7.67. The number of esters is 1. The van der Waals surface area contributed by atoms with E-state index in [1.54, 1.807) is 6.92 Å². The maximum Gasteiger partial charge on any atom is 0.397 e. The molecule has 0 bridgehead atoms. The molecule has 96 valence electrons. The summed E-state index contributed by atoms with van der Waals surface area (Å²) >= 11 is 1.13. The van der Waals surface area contributed by atoms with Crippen molar-refractivity contribution in [2.45, 2.75) is 13.5 Å². The number of carbonyl (C=O) groups excluding carboxylic acids is 2. The molecule has 1 amide bonds. The number of nitrogens with zero attached hydrogens (tertiary/aromatic N) is 2. The number of halogens is 1. The second-order valence-corrected chi connectivity index (χ2v) is 3.67. The molecule has 1 rings (SSSR count). The molecule has 0 aliphatic rings. The number of amides is 1. The van der Waals surface area contributed by atoms with Gasteiger partial charge >= 0.3 is 11.9 Å². The first kappa shape index (κ1) is 15.8. The molecule has 0 unspecified atom stereocenters. The number of anilines is 1. The number of aromatic nitrogens is 2. The van der Waals surface area contributed by atoms with E-state index in [4.69, 9.17) is 4.74 Å². The Bertz CT molecular complexity index is 385. The summed E-state index contributed by atoms with van der Waals surface area (Å²) in [6.45, 7) is 2.08. The molecule has 1 heterocycles. The molecule has 0 saturated carbocycles. The van der Waals surface area contributed by atoms with Gasteiger partial charge in [-0.15, -0.1) is 22.6 Å². The molecule has 9 heteroatoms. The quantitative estimate of drug-likeness (QED) is 0.642. The van der Waals surface area contributed by atoms with E-state index in [1.165, 1.54) is 7.11 Å². The van der Waals surface area contributed by atoms with Crippen molar-refractivity contribution in [3.63, 3.8) is 0 Å². The van der Waals surface area contributed by atoms with Crippen LogP contribution in [0.4, 0.5) is 5.13 Å². The van der Waals surface area contributed by atoms with E-state index in [9.17, 15) is 9.59 Å². The maximum absolute atomic E-state index is 11.2. The van der Waals surface area contributed by atoms with Gasteiger partial charge in [-0.25, -0.2) is 4.79 Å². The summed E-state index contributed by atoms with van der Waals surface area (Å²) in [5, 5.41) is 10.5. The highest BCUT2D eigenvalue weighted by molar-refractivity contribution is 7.15. The van der Waals surface area contributed by atoms with Crippen molar-refractivity contribution in [2.24, 2.45) is 0 Å². The monoisotopic (exact) mass is 281 g/mol. The summed E-state index contributed by atoms with van der Waals surface area (Å²) in [5.74, 6) is -1.80. The molecule has 7 nitrogen and oxygen atoms in total. The molecule has 17 heavy (non-hydrogen) atoms. The Kier molecular flexibility index (Phi) is 7.35. The number of rotatable bonds is 4. The zero-order valence-corrected chi connectivity index (χ0v) is 10.9. The second-order valence-electron chi connectivity index (χ2n) is 2.61. The predicted octanol–water partition coefficient (Wildman–Crippen LogP) is 0.608. The van der Waals surface area contributed by atoms with Crippen molar-refractivity contribution >= 4 is 40.8 Å². The van der Waals surface area contributed by atoms with Gasteiger partial charge in [0.2, 0.25) is 5.13 Å². The Balaban J connectivity index is 0.00000256. The van der Waals surface area contributed by atoms with E-state index >= 15 is 0 Å². The van der Waals surface area contributed by atoms with Crippen LogP contribution < -0.4 is 5.32 Å². The summed E-state index contributed by atoms with van der Waals surface area (Å²) < 4.78 is 9.35. The van der Waals surface area contributed by atoms with Crippen LogP contribution in [-0.2, 0) is 25.7 Å². The highest BCUT2D eigenvalue weighted by atomic mass is 35.5. The number of hydrogen-bond donors (Lipinski definition) is 1. The highest BCUT2D eigenvalue weighted by Gasteiger charge is 2.16. The van der Waals surface area contributed by atoms with E-state index in [1.807, 2.05) is 0 Å². The molecule has 0 spiro atoms. The smallest absolute Gasteiger partial charge is 0.397 e. The number of nitrogens with one attached hydrogen (secondary N) is 1. The minimum absolute atomic E-state index is 0. The van der Waals surface area contributed by atoms with E-state index in [-0.39, 0.29) is 24.1 Å². The fraction of sp³-hybridized carbons (Fsp3) is 0.500. The van der Waals surface area contributed by atoms with Crippen molar-refractivity contribution in [2.75, 3.05) is 19.0 Å². The average molecular weight is 282 g/mol. The van der Waals surface area contributed by atoms with Gasteiger partial charge in [0.25, 0.3) is 0 Å². The zero-order chi connectivity index (χ0) is 12.0. The first-order valence-electron chi connectivity index (χ1n) is 4.46. The first-order valence-corrected chi connectivity index (χ1v) is 5.28. The van der Waals surface area contributed by atoms with Gasteiger partial charge in [-0.05, 0) is 6.92 Å². The van der Waals surface area contributed by atoms with Crippen LogP contribution in [-0.4, -0.2) is 35.8 Å². The standard InChI is InChI=1S/C8H11N3O4S.ClH/c1-3-15-7(13)6(12)9-8-11-10-5(16-8)4-14-2;/h3-4H2,1-2H3,(H,9,11,12);1H. The van der Waals surface area contributed by atoms with E-state index < -0.39 is 11.9 Å². The Hall–Kier alpha value is -1.25. The van der Waals surface area contributed by atoms with E-state index in [0.29, 0.717) is 11.6 Å². The van der Waals surface area contributed by atoms with Gasteiger partial charge < -0.3 is 9.47 Å². The zero-order valence-electron chi connectivity index (χ0n) is 9.26. The van der Waals surface area contributed by atoms with Gasteiger partial charge in [0.15, 0.2) is 0 Å². The van der Waals surface area contributed by atoms with Crippen LogP contribution in [0.25, 0.3) is 0 Å². The van der Waals surface area contributed by atoms with Gasteiger partial charge in [-0.2, -0.15) is 0 Å². The highest BCUT2D eigenvalue weighted by Crippen LogP contribution is 2.15. The molecule has 0 saturated heterocycles. The molecular weight excluding hydrogens is 270 g/mol. The summed E-state index contributed by atoms with van der Waals surface area (Å²) in [6.07, 6.45) is 0. The van der Waals surface area contributed by atoms with Crippen LogP contribution in [0.15, 0.2) is 0 Å². The molecule has 0 fully saturated rings. The van der Waals surface area contributed by atoms with Crippen LogP contribution >= 0.6 is 23.7 Å². The third kappa shape index (κ3) is 5.07. The fourth-order valence-corrected chi connectivity index (χ4v) is 1.54. The fourth-order valence-electron chi connectivity index (χ4n) is 0.831. The normalized spacial score (nSPS) is 9.29. The number of ether oxygens (including phenoxy) is 2. The van der Waals surface area contributed by atoms with Crippen molar-refractivity contribution in [1.29, 1.82) is 0 Å². The molecular formula is C8H12ClN3O4S.